The highest BCUT2D eigenvalue weighted by atomic mass is 16.5. The number of nitrogens with two attached hydrogens (primary N) is 1. The molecule has 15 heavy (non-hydrogen) atoms. The van der Waals surface area contributed by atoms with Crippen LogP contribution < -0.4 is 11.1 Å². The molecule has 0 radical (unpaired) electrons. The van der Waals surface area contributed by atoms with Crippen LogP contribution in [-0.4, -0.2) is 31.8 Å². The predicted molar refractivity (Wildman–Crippen MR) is 63.9 cm³/mol. The first-order valence-electron chi connectivity index (χ1n) is 6.25. The van der Waals surface area contributed by atoms with Crippen molar-refractivity contribution < 1.29 is 4.74 Å². The standard InChI is InChI=1S/C12H26N2O/c1-10(2)9-15-7-6-14-12-5-3-4-11(13)8-12/h10-12,14H,3-9,13H2,1-2H3. The Morgan fingerprint density at radius 3 is 2.87 bits per heavy atom. The van der Waals surface area contributed by atoms with Gasteiger partial charge >= 0.3 is 0 Å². The van der Waals surface area contributed by atoms with Crippen LogP contribution in [0.4, 0.5) is 0 Å². The van der Waals surface area contributed by atoms with Gasteiger partial charge in [0.2, 0.25) is 0 Å². The van der Waals surface area contributed by atoms with E-state index in [0.717, 1.165) is 26.2 Å². The van der Waals surface area contributed by atoms with Gasteiger partial charge in [-0.2, -0.15) is 0 Å². The van der Waals surface area contributed by atoms with Gasteiger partial charge in [-0.3, -0.25) is 0 Å². The monoisotopic (exact) mass is 214 g/mol. The Labute approximate surface area is 93.8 Å². The second-order valence-electron chi connectivity index (χ2n) is 5.05. The largest absolute Gasteiger partial charge is 0.380 e. The number of nitrogens with one attached hydrogen (secondary N) is 1. The van der Waals surface area contributed by atoms with Crippen molar-refractivity contribution in [3.63, 3.8) is 0 Å². The summed E-state index contributed by atoms with van der Waals surface area (Å²) >= 11 is 0. The summed E-state index contributed by atoms with van der Waals surface area (Å²) in [6.07, 6.45) is 4.87. The second-order valence-corrected chi connectivity index (χ2v) is 5.05. The maximum Gasteiger partial charge on any atom is 0.0591 e. The van der Waals surface area contributed by atoms with Crippen molar-refractivity contribution in [2.24, 2.45) is 11.7 Å². The van der Waals surface area contributed by atoms with Crippen LogP contribution in [-0.2, 0) is 4.74 Å². The van der Waals surface area contributed by atoms with Gasteiger partial charge in [0.1, 0.15) is 0 Å². The fourth-order valence-corrected chi connectivity index (χ4v) is 2.07. The summed E-state index contributed by atoms with van der Waals surface area (Å²) in [7, 11) is 0. The van der Waals surface area contributed by atoms with Gasteiger partial charge in [0, 0.05) is 25.2 Å². The highest BCUT2D eigenvalue weighted by Gasteiger charge is 2.17. The molecular formula is C12H26N2O. The van der Waals surface area contributed by atoms with E-state index in [1.165, 1.54) is 19.3 Å². The summed E-state index contributed by atoms with van der Waals surface area (Å²) in [6, 6.07) is 1.03. The molecule has 0 aromatic carbocycles. The Bertz CT molecular complexity index is 162. The maximum atomic E-state index is 5.92. The van der Waals surface area contributed by atoms with Gasteiger partial charge in [0.25, 0.3) is 0 Å². The first-order valence-corrected chi connectivity index (χ1v) is 6.25. The summed E-state index contributed by atoms with van der Waals surface area (Å²) in [5.74, 6) is 0.633. The molecule has 0 aromatic rings. The zero-order chi connectivity index (χ0) is 11.1. The quantitative estimate of drug-likeness (QED) is 0.659. The molecule has 3 nitrogen and oxygen atoms in total. The number of rotatable bonds is 6. The van der Waals surface area contributed by atoms with Crippen molar-refractivity contribution in [2.45, 2.75) is 51.6 Å². The molecule has 0 aromatic heterocycles. The molecule has 1 saturated carbocycles. The summed E-state index contributed by atoms with van der Waals surface area (Å²) in [5, 5.41) is 3.52. The van der Waals surface area contributed by atoms with Gasteiger partial charge in [0.15, 0.2) is 0 Å². The third kappa shape index (κ3) is 6.13. The number of hydrogen-bond acceptors (Lipinski definition) is 3. The Morgan fingerprint density at radius 1 is 1.40 bits per heavy atom. The fourth-order valence-electron chi connectivity index (χ4n) is 2.07. The highest BCUT2D eigenvalue weighted by molar-refractivity contribution is 4.79. The van der Waals surface area contributed by atoms with E-state index in [1.807, 2.05) is 0 Å². The number of ether oxygens (including phenoxy) is 1. The molecule has 90 valence electrons. The van der Waals surface area contributed by atoms with Gasteiger partial charge in [-0.05, 0) is 25.2 Å². The molecule has 1 aliphatic rings. The highest BCUT2D eigenvalue weighted by Crippen LogP contribution is 2.16. The van der Waals surface area contributed by atoms with Gasteiger partial charge in [-0.15, -0.1) is 0 Å². The van der Waals surface area contributed by atoms with Crippen molar-refractivity contribution >= 4 is 0 Å². The van der Waals surface area contributed by atoms with E-state index in [0.29, 0.717) is 18.0 Å². The van der Waals surface area contributed by atoms with Crippen LogP contribution in [0.15, 0.2) is 0 Å². The maximum absolute atomic E-state index is 5.92. The lowest BCUT2D eigenvalue weighted by atomic mass is 9.92. The zero-order valence-corrected chi connectivity index (χ0v) is 10.2. The Kier molecular flexibility index (Phi) is 6.22. The second kappa shape index (κ2) is 7.20. The molecule has 1 fully saturated rings. The Morgan fingerprint density at radius 2 is 2.20 bits per heavy atom. The summed E-state index contributed by atoms with van der Waals surface area (Å²) in [5.41, 5.74) is 5.92. The molecule has 3 N–H and O–H groups in total. The van der Waals surface area contributed by atoms with Crippen molar-refractivity contribution in [3.8, 4) is 0 Å². The molecule has 0 aliphatic heterocycles. The molecular weight excluding hydrogens is 188 g/mol. The molecule has 0 bridgehead atoms. The van der Waals surface area contributed by atoms with E-state index in [9.17, 15) is 0 Å². The van der Waals surface area contributed by atoms with E-state index in [1.54, 1.807) is 0 Å². The third-order valence-corrected chi connectivity index (χ3v) is 2.85. The first-order chi connectivity index (χ1) is 7.18. The molecule has 0 spiro atoms. The normalized spacial score (nSPS) is 27.2. The number of hydrogen-bond donors (Lipinski definition) is 2. The van der Waals surface area contributed by atoms with Crippen LogP contribution in [0.2, 0.25) is 0 Å². The topological polar surface area (TPSA) is 47.3 Å². The molecule has 0 amide bonds. The fraction of sp³-hybridized carbons (Fsp3) is 1.00. The molecule has 2 unspecified atom stereocenters. The van der Waals surface area contributed by atoms with Gasteiger partial charge < -0.3 is 15.8 Å². The first kappa shape index (κ1) is 12.9. The lowest BCUT2D eigenvalue weighted by molar-refractivity contribution is 0.108. The van der Waals surface area contributed by atoms with Crippen LogP contribution in [0.3, 0.4) is 0 Å². The summed E-state index contributed by atoms with van der Waals surface area (Å²) in [6.45, 7) is 7.00. The Balaban J connectivity index is 1.95. The van der Waals surface area contributed by atoms with Crippen molar-refractivity contribution in [1.29, 1.82) is 0 Å². The lowest BCUT2D eigenvalue weighted by Crippen LogP contribution is -2.40. The smallest absolute Gasteiger partial charge is 0.0591 e. The van der Waals surface area contributed by atoms with Crippen LogP contribution in [0.1, 0.15) is 39.5 Å². The molecule has 2 atom stereocenters. The molecule has 1 rings (SSSR count). The minimum absolute atomic E-state index is 0.410. The average Bonchev–Trinajstić information content (AvgIpc) is 2.17. The van der Waals surface area contributed by atoms with E-state index >= 15 is 0 Å². The minimum atomic E-state index is 0.410. The van der Waals surface area contributed by atoms with E-state index in [-0.39, 0.29) is 0 Å². The summed E-state index contributed by atoms with van der Waals surface area (Å²) in [4.78, 5) is 0. The summed E-state index contributed by atoms with van der Waals surface area (Å²) < 4.78 is 5.52. The van der Waals surface area contributed by atoms with Crippen LogP contribution in [0.25, 0.3) is 0 Å². The SMILES string of the molecule is CC(C)COCCNC1CCCC(N)C1. The van der Waals surface area contributed by atoms with Crippen LogP contribution in [0.5, 0.6) is 0 Å². The average molecular weight is 214 g/mol. The molecule has 1 aliphatic carbocycles. The van der Waals surface area contributed by atoms with E-state index in [2.05, 4.69) is 19.2 Å². The van der Waals surface area contributed by atoms with Gasteiger partial charge in [0.05, 0.1) is 6.61 Å². The third-order valence-electron chi connectivity index (χ3n) is 2.85. The van der Waals surface area contributed by atoms with Gasteiger partial charge in [-0.25, -0.2) is 0 Å². The van der Waals surface area contributed by atoms with Crippen molar-refractivity contribution in [2.75, 3.05) is 19.8 Å². The molecule has 0 saturated heterocycles. The predicted octanol–water partition coefficient (Wildman–Crippen LogP) is 1.52. The van der Waals surface area contributed by atoms with Gasteiger partial charge in [-0.1, -0.05) is 20.3 Å². The van der Waals surface area contributed by atoms with E-state index < -0.39 is 0 Å². The zero-order valence-electron chi connectivity index (χ0n) is 10.2. The van der Waals surface area contributed by atoms with Crippen LogP contribution in [0, 0.1) is 5.92 Å². The minimum Gasteiger partial charge on any atom is -0.380 e. The lowest BCUT2D eigenvalue weighted by Gasteiger charge is -2.27. The van der Waals surface area contributed by atoms with Crippen LogP contribution >= 0.6 is 0 Å². The molecule has 0 heterocycles. The molecule has 3 heteroatoms. The van der Waals surface area contributed by atoms with Crippen molar-refractivity contribution in [3.05, 3.63) is 0 Å². The van der Waals surface area contributed by atoms with E-state index in [4.69, 9.17) is 10.5 Å². The van der Waals surface area contributed by atoms with Crippen molar-refractivity contribution in [1.82, 2.24) is 5.32 Å². The Hall–Kier alpha value is -0.120.